The standard InChI is InChI=1S/C5H11N2.C5H5N.C2H4.2ClH.Ru/c1-6-3-4-7(2)5-6;1-2-4-6-5-3-1;1-2;;;/h5H,3-4H2,1-2H3;1-5H;1H,2H3;2*1H;/q-1;;;;;+2/p-2. The summed E-state index contributed by atoms with van der Waals surface area (Å²) in [5, 5.41) is 0. The third kappa shape index (κ3) is 12.6. The minimum absolute atomic E-state index is 1.18. The number of halogens is 2. The molecule has 1 aliphatic rings. The van der Waals surface area contributed by atoms with Gasteiger partial charge in [0.05, 0.1) is 0 Å². The van der Waals surface area contributed by atoms with Crippen LogP contribution in [-0.2, 0) is 13.5 Å². The van der Waals surface area contributed by atoms with Crippen LogP contribution in [0.2, 0.25) is 0 Å². The topological polar surface area (TPSA) is 19.4 Å². The average Bonchev–Trinajstić information content (AvgIpc) is 2.77. The zero-order valence-electron chi connectivity index (χ0n) is 10.9. The molecule has 0 spiro atoms. The van der Waals surface area contributed by atoms with Crippen LogP contribution in [0.4, 0.5) is 0 Å². The maximum atomic E-state index is 5.32. The van der Waals surface area contributed by atoms with Gasteiger partial charge in [-0.25, -0.2) is 6.67 Å². The Balaban J connectivity index is 0.000000245. The fourth-order valence-corrected chi connectivity index (χ4v) is 1.08. The molecule has 0 unspecified atom stereocenters. The first kappa shape index (κ1) is 18.1. The molecule has 0 bridgehead atoms. The number of likely N-dealkylation sites (N-methyl/N-ethyl adjacent to an activating group) is 2. The molecule has 2 rings (SSSR count). The Morgan fingerprint density at radius 2 is 1.56 bits per heavy atom. The van der Waals surface area contributed by atoms with Gasteiger partial charge in [0.25, 0.3) is 0 Å². The fraction of sp³-hybridized carbons (Fsp3) is 0.417. The van der Waals surface area contributed by atoms with Crippen molar-refractivity contribution in [3.05, 3.63) is 37.3 Å². The minimum atomic E-state index is -1.36. The Labute approximate surface area is 123 Å². The Morgan fingerprint density at radius 3 is 1.67 bits per heavy atom. The molecule has 0 aromatic carbocycles. The van der Waals surface area contributed by atoms with Crippen LogP contribution in [0.5, 0.6) is 0 Å². The summed E-state index contributed by atoms with van der Waals surface area (Å²) in [6.45, 7) is 6.34. The number of hydrogen-bond acceptors (Lipinski definition) is 3. The van der Waals surface area contributed by atoms with Gasteiger partial charge in [0.15, 0.2) is 0 Å². The second-order valence-corrected chi connectivity index (χ2v) is 9.74. The van der Waals surface area contributed by atoms with Gasteiger partial charge in [-0.2, -0.15) is 0 Å². The molecule has 0 atom stereocenters. The third-order valence-electron chi connectivity index (χ3n) is 1.92. The molecule has 18 heavy (non-hydrogen) atoms. The Kier molecular flexibility index (Phi) is 12.3. The molecule has 1 aromatic rings. The van der Waals surface area contributed by atoms with E-state index < -0.39 is 13.5 Å². The number of hydrogen-bond donors (Lipinski definition) is 0. The SMILES string of the molecule is CN1[CH-]N(C)CC1.C[CH]=[Ru]([Cl])[Cl].c1ccncc1. The molecule has 0 amide bonds. The molecule has 1 saturated heterocycles. The Hall–Kier alpha value is 0.143. The van der Waals surface area contributed by atoms with Crippen molar-refractivity contribution in [1.29, 1.82) is 0 Å². The zero-order valence-corrected chi connectivity index (χ0v) is 14.2. The molecule has 6 heteroatoms. The van der Waals surface area contributed by atoms with Crippen LogP contribution in [0.15, 0.2) is 30.6 Å². The second-order valence-electron chi connectivity index (χ2n) is 3.51. The van der Waals surface area contributed by atoms with E-state index in [0.717, 1.165) is 0 Å². The van der Waals surface area contributed by atoms with E-state index in [1.807, 2.05) is 29.7 Å². The van der Waals surface area contributed by atoms with E-state index in [1.165, 1.54) is 13.1 Å². The molecule has 1 aliphatic heterocycles. The van der Waals surface area contributed by atoms with E-state index in [4.69, 9.17) is 19.4 Å². The van der Waals surface area contributed by atoms with Crippen molar-refractivity contribution in [3.63, 3.8) is 0 Å². The molecule has 0 aliphatic carbocycles. The van der Waals surface area contributed by atoms with Crippen LogP contribution in [0.25, 0.3) is 0 Å². The van der Waals surface area contributed by atoms with Crippen LogP contribution >= 0.6 is 19.4 Å². The van der Waals surface area contributed by atoms with Gasteiger partial charge in [0.1, 0.15) is 0 Å². The maximum Gasteiger partial charge on any atom is 0.0267 e. The molecule has 3 nitrogen and oxygen atoms in total. The summed E-state index contributed by atoms with van der Waals surface area (Å²) in [5.41, 5.74) is 0. The van der Waals surface area contributed by atoms with E-state index in [1.54, 1.807) is 12.4 Å². The summed E-state index contributed by atoms with van der Waals surface area (Å²) < 4.78 is 1.84. The van der Waals surface area contributed by atoms with Gasteiger partial charge in [-0.05, 0) is 39.3 Å². The van der Waals surface area contributed by atoms with Gasteiger partial charge >= 0.3 is 44.4 Å². The summed E-state index contributed by atoms with van der Waals surface area (Å²) in [6, 6.07) is 5.72. The number of pyridine rings is 1. The zero-order chi connectivity index (χ0) is 13.8. The molecular weight excluding hydrogens is 358 g/mol. The Morgan fingerprint density at radius 1 is 1.11 bits per heavy atom. The van der Waals surface area contributed by atoms with E-state index in [0.29, 0.717) is 0 Å². The predicted octanol–water partition coefficient (Wildman–Crippen LogP) is 2.80. The first-order chi connectivity index (χ1) is 8.56. The second kappa shape index (κ2) is 12.2. The van der Waals surface area contributed by atoms with Gasteiger partial charge in [-0.3, -0.25) is 4.98 Å². The molecule has 0 N–H and O–H groups in total. The van der Waals surface area contributed by atoms with Crippen LogP contribution in [0.1, 0.15) is 6.92 Å². The summed E-state index contributed by atoms with van der Waals surface area (Å²) in [6.07, 6.45) is 3.50. The molecule has 106 valence electrons. The average molecular weight is 378 g/mol. The Bertz CT molecular complexity index is 284. The number of nitrogens with zero attached hydrogens (tertiary/aromatic N) is 3. The van der Waals surface area contributed by atoms with Crippen molar-refractivity contribution in [1.82, 2.24) is 14.8 Å². The van der Waals surface area contributed by atoms with Crippen molar-refractivity contribution in [3.8, 4) is 0 Å². The van der Waals surface area contributed by atoms with Gasteiger partial charge in [-0.15, -0.1) is 0 Å². The first-order valence-electron chi connectivity index (χ1n) is 5.44. The summed E-state index contributed by atoms with van der Waals surface area (Å²) in [5.74, 6) is 0. The van der Waals surface area contributed by atoms with Crippen LogP contribution in [0.3, 0.4) is 0 Å². The van der Waals surface area contributed by atoms with Crippen LogP contribution in [-0.4, -0.2) is 46.6 Å². The molecule has 1 aromatic heterocycles. The fourth-order valence-electron chi connectivity index (χ4n) is 1.08. The number of aromatic nitrogens is 1. The molecule has 0 radical (unpaired) electrons. The maximum absolute atomic E-state index is 5.32. The summed E-state index contributed by atoms with van der Waals surface area (Å²) >= 11 is -1.36. The normalized spacial score (nSPS) is 15.9. The van der Waals surface area contributed by atoms with Crippen molar-refractivity contribution >= 4 is 24.0 Å². The van der Waals surface area contributed by atoms with E-state index in [9.17, 15) is 0 Å². The van der Waals surface area contributed by atoms with E-state index in [2.05, 4.69) is 35.5 Å². The first-order valence-corrected chi connectivity index (χ1v) is 10.9. The minimum Gasteiger partial charge on any atom is -0.265 e. The summed E-state index contributed by atoms with van der Waals surface area (Å²) in [7, 11) is 14.8. The third-order valence-corrected chi connectivity index (χ3v) is 4.50. The molecule has 1 fully saturated rings. The van der Waals surface area contributed by atoms with Gasteiger partial charge in [0.2, 0.25) is 0 Å². The van der Waals surface area contributed by atoms with Gasteiger partial charge < -0.3 is 9.80 Å². The van der Waals surface area contributed by atoms with Crippen molar-refractivity contribution in [2.75, 3.05) is 27.2 Å². The van der Waals surface area contributed by atoms with Crippen molar-refractivity contribution in [2.45, 2.75) is 6.92 Å². The largest absolute Gasteiger partial charge is 0.265 e. The molecule has 0 saturated carbocycles. The van der Waals surface area contributed by atoms with Crippen LogP contribution in [0, 0.1) is 6.67 Å². The molecular formula is C12H20Cl2N3Ru-. The quantitative estimate of drug-likeness (QED) is 0.511. The van der Waals surface area contributed by atoms with Crippen molar-refractivity contribution in [2.24, 2.45) is 0 Å². The van der Waals surface area contributed by atoms with E-state index >= 15 is 0 Å². The smallest absolute Gasteiger partial charge is 0.0267 e. The monoisotopic (exact) mass is 378 g/mol. The number of rotatable bonds is 0. The molecule has 2 heterocycles. The van der Waals surface area contributed by atoms with Gasteiger partial charge in [0, 0.05) is 12.4 Å². The van der Waals surface area contributed by atoms with Crippen LogP contribution < -0.4 is 0 Å². The summed E-state index contributed by atoms with van der Waals surface area (Å²) in [4.78, 5) is 8.15. The van der Waals surface area contributed by atoms with E-state index in [-0.39, 0.29) is 0 Å². The predicted molar refractivity (Wildman–Crippen MR) is 77.2 cm³/mol. The van der Waals surface area contributed by atoms with Crippen molar-refractivity contribution < 1.29 is 13.5 Å². The van der Waals surface area contributed by atoms with Gasteiger partial charge in [-0.1, -0.05) is 6.07 Å².